The number of imidazole rings is 1. The molecule has 0 saturated carbocycles. The van der Waals surface area contributed by atoms with Crippen molar-refractivity contribution in [3.8, 4) is 5.75 Å². The highest BCUT2D eigenvalue weighted by molar-refractivity contribution is 6.17. The normalized spacial score (nSPS) is 11.2. The third kappa shape index (κ3) is 3.89. The summed E-state index contributed by atoms with van der Waals surface area (Å²) >= 11 is 5.90. The van der Waals surface area contributed by atoms with Gasteiger partial charge in [0.05, 0.1) is 18.7 Å². The van der Waals surface area contributed by atoms with Crippen molar-refractivity contribution < 1.29 is 9.47 Å². The quantitative estimate of drug-likeness (QED) is 0.524. The molecule has 0 amide bonds. The fourth-order valence-electron chi connectivity index (χ4n) is 2.32. The summed E-state index contributed by atoms with van der Waals surface area (Å²) in [6.07, 6.45) is 1.73. The monoisotopic (exact) mass is 310 g/mol. The largest absolute Gasteiger partial charge is 0.491 e. The van der Waals surface area contributed by atoms with Gasteiger partial charge in [-0.15, -0.1) is 11.6 Å². The molecule has 0 spiro atoms. The average molecular weight is 311 g/mol. The van der Waals surface area contributed by atoms with Crippen LogP contribution in [0, 0.1) is 0 Å². The number of fused-ring (bicyclic) bond motifs is 1. The average Bonchev–Trinajstić information content (AvgIpc) is 2.84. The number of aryl methyl sites for hydroxylation is 1. The van der Waals surface area contributed by atoms with Crippen molar-refractivity contribution in [1.29, 1.82) is 0 Å². The molecule has 1 aromatic carbocycles. The molecule has 0 N–H and O–H groups in total. The zero-order valence-electron chi connectivity index (χ0n) is 12.8. The van der Waals surface area contributed by atoms with E-state index in [1.165, 1.54) is 0 Å². The second-order valence-electron chi connectivity index (χ2n) is 4.79. The maximum absolute atomic E-state index is 5.90. The van der Waals surface area contributed by atoms with Crippen LogP contribution in [0.3, 0.4) is 0 Å². The smallest absolute Gasteiger partial charge is 0.147 e. The Morgan fingerprint density at radius 1 is 1.24 bits per heavy atom. The predicted molar refractivity (Wildman–Crippen MR) is 86.4 cm³/mol. The number of aromatic nitrogens is 2. The Hall–Kier alpha value is -1.26. The molecule has 1 aromatic heterocycles. The fraction of sp³-hybridized carbons (Fsp3) is 0.562. The van der Waals surface area contributed by atoms with Gasteiger partial charge in [0.25, 0.3) is 0 Å². The molecule has 0 fully saturated rings. The van der Waals surface area contributed by atoms with E-state index in [0.29, 0.717) is 19.1 Å². The third-order valence-corrected chi connectivity index (χ3v) is 3.45. The molecule has 21 heavy (non-hydrogen) atoms. The number of benzene rings is 1. The lowest BCUT2D eigenvalue weighted by molar-refractivity contribution is 0.139. The van der Waals surface area contributed by atoms with Crippen molar-refractivity contribution >= 4 is 22.6 Å². The van der Waals surface area contributed by atoms with E-state index in [-0.39, 0.29) is 0 Å². The highest BCUT2D eigenvalue weighted by atomic mass is 35.5. The minimum Gasteiger partial charge on any atom is -0.491 e. The molecule has 2 rings (SSSR count). The first-order valence-electron chi connectivity index (χ1n) is 7.56. The minimum atomic E-state index is 0.559. The molecule has 5 heteroatoms. The molecule has 0 aliphatic carbocycles. The first kappa shape index (κ1) is 16.1. The number of hydrogen-bond donors (Lipinski definition) is 0. The van der Waals surface area contributed by atoms with Crippen molar-refractivity contribution in [3.63, 3.8) is 0 Å². The van der Waals surface area contributed by atoms with Gasteiger partial charge in [-0.1, -0.05) is 13.0 Å². The van der Waals surface area contributed by atoms with Crippen molar-refractivity contribution in [2.24, 2.45) is 0 Å². The first-order chi connectivity index (χ1) is 10.3. The zero-order chi connectivity index (χ0) is 15.1. The lowest BCUT2D eigenvalue weighted by atomic mass is 10.3. The molecule has 0 saturated heterocycles. The van der Waals surface area contributed by atoms with Gasteiger partial charge in [-0.25, -0.2) is 4.98 Å². The molecule has 4 nitrogen and oxygen atoms in total. The molecular weight excluding hydrogens is 288 g/mol. The van der Waals surface area contributed by atoms with E-state index >= 15 is 0 Å². The minimum absolute atomic E-state index is 0.559. The van der Waals surface area contributed by atoms with E-state index in [1.807, 2.05) is 19.1 Å². The van der Waals surface area contributed by atoms with Gasteiger partial charge in [0.1, 0.15) is 17.1 Å². The molecule has 0 radical (unpaired) electrons. The number of nitrogens with zero attached hydrogens (tertiary/aromatic N) is 2. The molecular formula is C16H23ClN2O2. The Bertz CT molecular complexity index is 569. The van der Waals surface area contributed by atoms with Gasteiger partial charge >= 0.3 is 0 Å². The van der Waals surface area contributed by atoms with Crippen LogP contribution in [0.1, 0.15) is 26.1 Å². The van der Waals surface area contributed by atoms with Crippen LogP contribution in [-0.4, -0.2) is 35.3 Å². The zero-order valence-corrected chi connectivity index (χ0v) is 13.5. The Balaban J connectivity index is 2.36. The SMILES string of the molecule is CCCOc1cccc2c1nc(CCCl)n2CCOCC. The van der Waals surface area contributed by atoms with Crippen LogP contribution in [-0.2, 0) is 17.7 Å². The Morgan fingerprint density at radius 2 is 2.10 bits per heavy atom. The van der Waals surface area contributed by atoms with Crippen molar-refractivity contribution in [1.82, 2.24) is 9.55 Å². The van der Waals surface area contributed by atoms with E-state index < -0.39 is 0 Å². The van der Waals surface area contributed by atoms with Crippen LogP contribution in [0.25, 0.3) is 11.0 Å². The standard InChI is InChI=1S/C16H23ClN2O2/c1-3-11-21-14-7-5-6-13-16(14)18-15(8-9-17)19(13)10-12-20-4-2/h5-7H,3-4,8-12H2,1-2H3. The number of alkyl halides is 1. The summed E-state index contributed by atoms with van der Waals surface area (Å²) in [5, 5.41) is 0. The Morgan fingerprint density at radius 3 is 2.81 bits per heavy atom. The van der Waals surface area contributed by atoms with E-state index in [0.717, 1.165) is 48.6 Å². The molecule has 0 bridgehead atoms. The lowest BCUT2D eigenvalue weighted by Crippen LogP contribution is -2.09. The summed E-state index contributed by atoms with van der Waals surface area (Å²) in [4.78, 5) is 4.73. The van der Waals surface area contributed by atoms with Gasteiger partial charge in [-0.05, 0) is 25.5 Å². The van der Waals surface area contributed by atoms with E-state index in [2.05, 4.69) is 17.6 Å². The Kier molecular flexibility index (Phi) is 6.33. The van der Waals surface area contributed by atoms with Gasteiger partial charge in [0, 0.05) is 25.5 Å². The second-order valence-corrected chi connectivity index (χ2v) is 5.17. The summed E-state index contributed by atoms with van der Waals surface area (Å²) in [7, 11) is 0. The third-order valence-electron chi connectivity index (χ3n) is 3.26. The van der Waals surface area contributed by atoms with Crippen LogP contribution in [0.4, 0.5) is 0 Å². The molecule has 0 unspecified atom stereocenters. The topological polar surface area (TPSA) is 36.3 Å². The summed E-state index contributed by atoms with van der Waals surface area (Å²) in [6, 6.07) is 6.06. The number of para-hydroxylation sites is 1. The number of rotatable bonds is 9. The van der Waals surface area contributed by atoms with Crippen molar-refractivity contribution in [2.75, 3.05) is 25.7 Å². The predicted octanol–water partition coefficient (Wildman–Crippen LogP) is 3.64. The fourth-order valence-corrected chi connectivity index (χ4v) is 2.49. The first-order valence-corrected chi connectivity index (χ1v) is 8.09. The van der Waals surface area contributed by atoms with Crippen LogP contribution in [0.5, 0.6) is 5.75 Å². The van der Waals surface area contributed by atoms with Gasteiger partial charge in [0.15, 0.2) is 0 Å². The summed E-state index contributed by atoms with van der Waals surface area (Å²) in [5.41, 5.74) is 2.01. The maximum Gasteiger partial charge on any atom is 0.147 e. The van der Waals surface area contributed by atoms with Crippen LogP contribution in [0.2, 0.25) is 0 Å². The Labute approximate surface area is 131 Å². The van der Waals surface area contributed by atoms with Gasteiger partial charge in [0.2, 0.25) is 0 Å². The van der Waals surface area contributed by atoms with Crippen molar-refractivity contribution in [3.05, 3.63) is 24.0 Å². The maximum atomic E-state index is 5.90. The molecule has 2 aromatic rings. The van der Waals surface area contributed by atoms with E-state index in [1.54, 1.807) is 0 Å². The van der Waals surface area contributed by atoms with E-state index in [9.17, 15) is 0 Å². The van der Waals surface area contributed by atoms with Crippen molar-refractivity contribution in [2.45, 2.75) is 33.2 Å². The van der Waals surface area contributed by atoms with E-state index in [4.69, 9.17) is 26.1 Å². The van der Waals surface area contributed by atoms with Crippen LogP contribution >= 0.6 is 11.6 Å². The summed E-state index contributed by atoms with van der Waals surface area (Å²) in [6.45, 7) is 6.99. The second kappa shape index (κ2) is 8.25. The number of halogens is 1. The molecule has 0 atom stereocenters. The van der Waals surface area contributed by atoms with Gasteiger partial charge in [-0.2, -0.15) is 0 Å². The molecule has 0 aliphatic heterocycles. The number of hydrogen-bond acceptors (Lipinski definition) is 3. The van der Waals surface area contributed by atoms with Crippen LogP contribution < -0.4 is 4.74 Å². The highest BCUT2D eigenvalue weighted by Crippen LogP contribution is 2.26. The lowest BCUT2D eigenvalue weighted by Gasteiger charge is -2.09. The molecule has 0 aliphatic rings. The van der Waals surface area contributed by atoms with Gasteiger partial charge < -0.3 is 14.0 Å². The van der Waals surface area contributed by atoms with Crippen LogP contribution in [0.15, 0.2) is 18.2 Å². The molecule has 116 valence electrons. The summed E-state index contributed by atoms with van der Waals surface area (Å²) in [5.74, 6) is 2.40. The number of ether oxygens (including phenoxy) is 2. The van der Waals surface area contributed by atoms with Gasteiger partial charge in [-0.3, -0.25) is 0 Å². The summed E-state index contributed by atoms with van der Waals surface area (Å²) < 4.78 is 13.5. The highest BCUT2D eigenvalue weighted by Gasteiger charge is 2.13. The molecule has 1 heterocycles.